The Kier molecular flexibility index (Phi) is 3.19. The molecule has 0 radical (unpaired) electrons. The summed E-state index contributed by atoms with van der Waals surface area (Å²) in [5.41, 5.74) is 1.59. The van der Waals surface area contributed by atoms with Gasteiger partial charge in [0.1, 0.15) is 5.82 Å². The summed E-state index contributed by atoms with van der Waals surface area (Å²) in [5.74, 6) is -0.338. The summed E-state index contributed by atoms with van der Waals surface area (Å²) in [6.45, 7) is 1.49. The minimum Gasteiger partial charge on any atom is -0.291 e. The molecule has 1 heterocycles. The third kappa shape index (κ3) is 2.50. The van der Waals surface area contributed by atoms with Gasteiger partial charge >= 0.3 is 0 Å². The van der Waals surface area contributed by atoms with Gasteiger partial charge in [0.2, 0.25) is 5.91 Å². The molecule has 1 aromatic carbocycles. The third-order valence-corrected chi connectivity index (χ3v) is 3.31. The van der Waals surface area contributed by atoms with Crippen molar-refractivity contribution in [3.63, 3.8) is 0 Å². The maximum Gasteiger partial charge on any atom is 0.225 e. The summed E-state index contributed by atoms with van der Waals surface area (Å²) in [7, 11) is 1.68. The second kappa shape index (κ2) is 4.63. The number of carbonyl (C=O) groups excluding carboxylic acids is 1. The van der Waals surface area contributed by atoms with Gasteiger partial charge < -0.3 is 0 Å². The predicted molar refractivity (Wildman–Crippen MR) is 66.6 cm³/mol. The SMILES string of the molecule is CC(=O)N(C)c1nc(-c2ccc(F)cc2)cs1. The van der Waals surface area contributed by atoms with E-state index in [1.165, 1.54) is 35.3 Å². The number of benzene rings is 1. The van der Waals surface area contributed by atoms with Crippen LogP contribution in [-0.4, -0.2) is 17.9 Å². The molecule has 88 valence electrons. The molecule has 1 aromatic heterocycles. The van der Waals surface area contributed by atoms with Gasteiger partial charge in [-0.2, -0.15) is 0 Å². The van der Waals surface area contributed by atoms with Gasteiger partial charge in [0, 0.05) is 24.9 Å². The number of hydrogen-bond donors (Lipinski definition) is 0. The summed E-state index contributed by atoms with van der Waals surface area (Å²) in [6.07, 6.45) is 0. The number of halogens is 1. The zero-order valence-corrected chi connectivity index (χ0v) is 10.3. The fourth-order valence-corrected chi connectivity index (χ4v) is 2.15. The van der Waals surface area contributed by atoms with Crippen LogP contribution in [-0.2, 0) is 4.79 Å². The molecule has 0 aliphatic heterocycles. The predicted octanol–water partition coefficient (Wildman–Crippen LogP) is 2.93. The molecule has 3 nitrogen and oxygen atoms in total. The number of hydrogen-bond acceptors (Lipinski definition) is 3. The van der Waals surface area contributed by atoms with E-state index in [0.717, 1.165) is 11.3 Å². The van der Waals surface area contributed by atoms with Gasteiger partial charge in [0.05, 0.1) is 5.69 Å². The average molecular weight is 250 g/mol. The van der Waals surface area contributed by atoms with Crippen LogP contribution in [0.15, 0.2) is 29.6 Å². The lowest BCUT2D eigenvalue weighted by atomic mass is 10.2. The fourth-order valence-electron chi connectivity index (χ4n) is 1.31. The number of aromatic nitrogens is 1. The molecule has 0 aliphatic carbocycles. The summed E-state index contributed by atoms with van der Waals surface area (Å²) < 4.78 is 12.8. The van der Waals surface area contributed by atoms with Crippen LogP contribution < -0.4 is 4.90 Å². The topological polar surface area (TPSA) is 33.2 Å². The van der Waals surface area contributed by atoms with Gasteiger partial charge in [-0.05, 0) is 24.3 Å². The van der Waals surface area contributed by atoms with Gasteiger partial charge in [-0.3, -0.25) is 9.69 Å². The van der Waals surface area contributed by atoms with Crippen LogP contribution in [0.3, 0.4) is 0 Å². The molecular weight excluding hydrogens is 239 g/mol. The summed E-state index contributed by atoms with van der Waals surface area (Å²) >= 11 is 1.39. The summed E-state index contributed by atoms with van der Waals surface area (Å²) in [5, 5.41) is 2.49. The van der Waals surface area contributed by atoms with Crippen molar-refractivity contribution in [1.29, 1.82) is 0 Å². The number of nitrogens with zero attached hydrogens (tertiary/aromatic N) is 2. The Morgan fingerprint density at radius 2 is 2.00 bits per heavy atom. The minimum absolute atomic E-state index is 0.0648. The van der Waals surface area contributed by atoms with Crippen molar-refractivity contribution in [2.45, 2.75) is 6.92 Å². The standard InChI is InChI=1S/C12H11FN2OS/c1-8(16)15(2)12-14-11(7-17-12)9-3-5-10(13)6-4-9/h3-7H,1-2H3. The van der Waals surface area contributed by atoms with Crippen molar-refractivity contribution in [1.82, 2.24) is 4.98 Å². The molecule has 0 bridgehead atoms. The van der Waals surface area contributed by atoms with Crippen molar-refractivity contribution in [3.8, 4) is 11.3 Å². The highest BCUT2D eigenvalue weighted by Crippen LogP contribution is 2.26. The van der Waals surface area contributed by atoms with Crippen LogP contribution in [0, 0.1) is 5.82 Å². The van der Waals surface area contributed by atoms with Crippen LogP contribution >= 0.6 is 11.3 Å². The van der Waals surface area contributed by atoms with Crippen LogP contribution in [0.4, 0.5) is 9.52 Å². The van der Waals surface area contributed by atoms with Crippen molar-refractivity contribution in [2.24, 2.45) is 0 Å². The molecule has 17 heavy (non-hydrogen) atoms. The van der Waals surface area contributed by atoms with Crippen molar-refractivity contribution in [3.05, 3.63) is 35.5 Å². The molecule has 0 spiro atoms. The van der Waals surface area contributed by atoms with Crippen molar-refractivity contribution in [2.75, 3.05) is 11.9 Å². The van der Waals surface area contributed by atoms with Crippen molar-refractivity contribution >= 4 is 22.4 Å². The Balaban J connectivity index is 2.29. The number of thiazole rings is 1. The van der Waals surface area contributed by atoms with Gasteiger partial charge in [-0.25, -0.2) is 9.37 Å². The van der Waals surface area contributed by atoms with E-state index in [9.17, 15) is 9.18 Å². The Hall–Kier alpha value is -1.75. The first-order valence-corrected chi connectivity index (χ1v) is 5.91. The number of anilines is 1. The highest BCUT2D eigenvalue weighted by atomic mass is 32.1. The molecule has 0 saturated heterocycles. The molecule has 0 fully saturated rings. The zero-order chi connectivity index (χ0) is 12.4. The number of rotatable bonds is 2. The highest BCUT2D eigenvalue weighted by Gasteiger charge is 2.11. The van der Waals surface area contributed by atoms with Crippen molar-refractivity contribution < 1.29 is 9.18 Å². The van der Waals surface area contributed by atoms with E-state index in [4.69, 9.17) is 0 Å². The maximum atomic E-state index is 12.8. The first-order chi connectivity index (χ1) is 8.08. The Bertz CT molecular complexity index is 536. The number of carbonyl (C=O) groups is 1. The quantitative estimate of drug-likeness (QED) is 0.821. The minimum atomic E-state index is -0.273. The first kappa shape index (κ1) is 11.7. The van der Waals surface area contributed by atoms with Gasteiger partial charge in [-0.1, -0.05) is 0 Å². The molecule has 5 heteroatoms. The molecular formula is C12H11FN2OS. The normalized spacial score (nSPS) is 10.3. The molecule has 0 N–H and O–H groups in total. The van der Waals surface area contributed by atoms with Crippen LogP contribution in [0.5, 0.6) is 0 Å². The zero-order valence-electron chi connectivity index (χ0n) is 9.48. The molecule has 2 rings (SSSR count). The molecule has 0 unspecified atom stereocenters. The van der Waals surface area contributed by atoms with E-state index < -0.39 is 0 Å². The van der Waals surface area contributed by atoms with Gasteiger partial charge in [-0.15, -0.1) is 11.3 Å². The van der Waals surface area contributed by atoms with E-state index in [0.29, 0.717) is 5.13 Å². The lowest BCUT2D eigenvalue weighted by molar-refractivity contribution is -0.116. The first-order valence-electron chi connectivity index (χ1n) is 5.03. The maximum absolute atomic E-state index is 12.8. The van der Waals surface area contributed by atoms with Gasteiger partial charge in [0.15, 0.2) is 5.13 Å². The van der Waals surface area contributed by atoms with Crippen LogP contribution in [0.2, 0.25) is 0 Å². The monoisotopic (exact) mass is 250 g/mol. The lowest BCUT2D eigenvalue weighted by Crippen LogP contribution is -2.22. The van der Waals surface area contributed by atoms with Crippen LogP contribution in [0.1, 0.15) is 6.92 Å². The fraction of sp³-hybridized carbons (Fsp3) is 0.167. The Labute approximate surface area is 103 Å². The molecule has 0 saturated carbocycles. The smallest absolute Gasteiger partial charge is 0.225 e. The molecule has 1 amide bonds. The largest absolute Gasteiger partial charge is 0.291 e. The lowest BCUT2D eigenvalue weighted by Gasteiger charge is -2.09. The molecule has 0 aliphatic rings. The third-order valence-electron chi connectivity index (χ3n) is 2.39. The van der Waals surface area contributed by atoms with E-state index >= 15 is 0 Å². The average Bonchev–Trinajstić information content (AvgIpc) is 2.78. The second-order valence-corrected chi connectivity index (χ2v) is 4.44. The van der Waals surface area contributed by atoms with E-state index in [1.54, 1.807) is 19.2 Å². The summed E-state index contributed by atoms with van der Waals surface area (Å²) in [6, 6.07) is 6.12. The Morgan fingerprint density at radius 3 is 2.59 bits per heavy atom. The Morgan fingerprint density at radius 1 is 1.35 bits per heavy atom. The van der Waals surface area contributed by atoms with E-state index in [2.05, 4.69) is 4.98 Å². The van der Waals surface area contributed by atoms with E-state index in [-0.39, 0.29) is 11.7 Å². The van der Waals surface area contributed by atoms with E-state index in [1.807, 2.05) is 5.38 Å². The molecule has 0 atom stereocenters. The van der Waals surface area contributed by atoms with Crippen LogP contribution in [0.25, 0.3) is 11.3 Å². The number of amides is 1. The molecule has 2 aromatic rings. The van der Waals surface area contributed by atoms with Gasteiger partial charge in [0.25, 0.3) is 0 Å². The highest BCUT2D eigenvalue weighted by molar-refractivity contribution is 7.14. The summed E-state index contributed by atoms with van der Waals surface area (Å²) in [4.78, 5) is 17.0. The second-order valence-electron chi connectivity index (χ2n) is 3.60.